The standard InChI is InChI=1S/C27H28ClF3N4O6/c1-12-5-14(28)9-15(6-12)35(19-3-4-20(19)37)27(39)26-25(40-2)23(24(38)21(11-36)41-26)34-10-18(32-33-34)13-7-16(29)22(31)17(30)8-13/h5-10,19-21,23-26,36-38H,3-4,11H2,1-2H3/t19-,20-,21-,23+,24+,25-,26-/m1/s1. The number of amides is 1. The summed E-state index contributed by atoms with van der Waals surface area (Å²) in [6.07, 6.45) is -3.87. The zero-order chi connectivity index (χ0) is 29.6. The van der Waals surface area contributed by atoms with Crippen LogP contribution >= 0.6 is 11.6 Å². The summed E-state index contributed by atoms with van der Waals surface area (Å²) in [5.74, 6) is -5.09. The van der Waals surface area contributed by atoms with Crippen molar-refractivity contribution in [3.63, 3.8) is 0 Å². The number of nitrogens with zero attached hydrogens (tertiary/aromatic N) is 4. The van der Waals surface area contributed by atoms with Crippen molar-refractivity contribution in [3.05, 3.63) is 64.6 Å². The Hall–Kier alpha value is -3.07. The van der Waals surface area contributed by atoms with E-state index in [1.54, 1.807) is 25.1 Å². The molecule has 3 aromatic rings. The zero-order valence-corrected chi connectivity index (χ0v) is 22.7. The van der Waals surface area contributed by atoms with E-state index in [9.17, 15) is 33.3 Å². The van der Waals surface area contributed by atoms with Gasteiger partial charge in [0.1, 0.15) is 30.0 Å². The Morgan fingerprint density at radius 1 is 1.17 bits per heavy atom. The summed E-state index contributed by atoms with van der Waals surface area (Å²) in [5.41, 5.74) is 1.04. The monoisotopic (exact) mass is 596 g/mol. The minimum absolute atomic E-state index is 0.0478. The minimum atomic E-state index is -1.64. The van der Waals surface area contributed by atoms with Crippen LogP contribution in [0.5, 0.6) is 0 Å². The molecule has 1 aliphatic heterocycles. The first-order valence-electron chi connectivity index (χ1n) is 12.9. The molecule has 41 heavy (non-hydrogen) atoms. The fourth-order valence-corrected chi connectivity index (χ4v) is 5.64. The van der Waals surface area contributed by atoms with Crippen LogP contribution in [-0.2, 0) is 14.3 Å². The van der Waals surface area contributed by atoms with Gasteiger partial charge < -0.3 is 29.7 Å². The van der Waals surface area contributed by atoms with Gasteiger partial charge in [0.2, 0.25) is 0 Å². The Kier molecular flexibility index (Phi) is 8.37. The first-order valence-corrected chi connectivity index (χ1v) is 13.2. The van der Waals surface area contributed by atoms with Gasteiger partial charge in [-0.15, -0.1) is 5.10 Å². The first-order chi connectivity index (χ1) is 19.5. The highest BCUT2D eigenvalue weighted by atomic mass is 35.5. The summed E-state index contributed by atoms with van der Waals surface area (Å²) in [6.45, 7) is 1.13. The lowest BCUT2D eigenvalue weighted by Gasteiger charge is -2.47. The Labute approximate surface area is 237 Å². The number of aliphatic hydroxyl groups is 3. The number of aromatic nitrogens is 3. The number of rotatable bonds is 7. The Morgan fingerprint density at radius 3 is 2.44 bits per heavy atom. The summed E-state index contributed by atoms with van der Waals surface area (Å²) in [7, 11) is 1.29. The molecule has 2 aliphatic rings. The van der Waals surface area contributed by atoms with Gasteiger partial charge in [0.25, 0.3) is 5.91 Å². The van der Waals surface area contributed by atoms with Gasteiger partial charge in [-0.2, -0.15) is 0 Å². The van der Waals surface area contributed by atoms with Crippen molar-refractivity contribution in [1.29, 1.82) is 0 Å². The molecule has 1 aromatic heterocycles. The van der Waals surface area contributed by atoms with E-state index in [0.717, 1.165) is 22.4 Å². The second-order valence-electron chi connectivity index (χ2n) is 10.2. The summed E-state index contributed by atoms with van der Waals surface area (Å²) in [5, 5.41) is 39.9. The number of aliphatic hydroxyl groups excluding tert-OH is 3. The molecule has 2 aromatic carbocycles. The molecule has 220 valence electrons. The molecule has 0 radical (unpaired) electrons. The maximum absolute atomic E-state index is 14.2. The lowest BCUT2D eigenvalue weighted by atomic mass is 9.85. The maximum atomic E-state index is 14.2. The van der Waals surface area contributed by atoms with Crippen molar-refractivity contribution in [3.8, 4) is 11.3 Å². The molecule has 14 heteroatoms. The van der Waals surface area contributed by atoms with Crippen LogP contribution in [-0.4, -0.2) is 86.5 Å². The number of carbonyl (C=O) groups excluding carboxylic acids is 1. The molecular weight excluding hydrogens is 569 g/mol. The molecular formula is C27H28ClF3N4O6. The Balaban J connectivity index is 1.53. The average Bonchev–Trinajstić information content (AvgIpc) is 3.42. The number of carbonyl (C=O) groups is 1. The number of anilines is 1. The topological polar surface area (TPSA) is 130 Å². The number of ether oxygens (including phenoxy) is 2. The van der Waals surface area contributed by atoms with Crippen molar-refractivity contribution in [2.24, 2.45) is 0 Å². The number of halogens is 4. The van der Waals surface area contributed by atoms with Crippen LogP contribution in [0.2, 0.25) is 5.02 Å². The number of aryl methyl sites for hydroxylation is 1. The van der Waals surface area contributed by atoms with Gasteiger partial charge in [0.05, 0.1) is 24.9 Å². The maximum Gasteiger partial charge on any atom is 0.259 e. The van der Waals surface area contributed by atoms with Crippen molar-refractivity contribution in [2.45, 2.75) is 62.4 Å². The second kappa shape index (κ2) is 11.7. The van der Waals surface area contributed by atoms with Crippen LogP contribution in [0.25, 0.3) is 11.3 Å². The number of hydrogen-bond acceptors (Lipinski definition) is 8. The normalized spacial score (nSPS) is 27.9. The lowest BCUT2D eigenvalue weighted by molar-refractivity contribution is -0.211. The van der Waals surface area contributed by atoms with Gasteiger partial charge in [0, 0.05) is 23.4 Å². The molecule has 1 aliphatic carbocycles. The van der Waals surface area contributed by atoms with Gasteiger partial charge >= 0.3 is 0 Å². The van der Waals surface area contributed by atoms with Crippen LogP contribution < -0.4 is 4.90 Å². The third-order valence-corrected chi connectivity index (χ3v) is 7.77. The van der Waals surface area contributed by atoms with Gasteiger partial charge in [-0.3, -0.25) is 4.79 Å². The quantitative estimate of drug-likeness (QED) is 0.355. The number of benzene rings is 2. The van der Waals surface area contributed by atoms with E-state index in [1.165, 1.54) is 18.2 Å². The Morgan fingerprint density at radius 2 is 1.88 bits per heavy atom. The van der Waals surface area contributed by atoms with Crippen molar-refractivity contribution < 1.29 is 42.8 Å². The smallest absolute Gasteiger partial charge is 0.259 e. The van der Waals surface area contributed by atoms with Gasteiger partial charge in [-0.25, -0.2) is 17.9 Å². The van der Waals surface area contributed by atoms with Crippen LogP contribution in [0.15, 0.2) is 36.5 Å². The van der Waals surface area contributed by atoms with E-state index < -0.39 is 72.6 Å². The van der Waals surface area contributed by atoms with Gasteiger partial charge in [0.15, 0.2) is 23.6 Å². The Bertz CT molecular complexity index is 1400. The van der Waals surface area contributed by atoms with Gasteiger partial charge in [-0.1, -0.05) is 16.8 Å². The highest BCUT2D eigenvalue weighted by molar-refractivity contribution is 6.31. The fourth-order valence-electron chi connectivity index (χ4n) is 5.36. The molecule has 5 rings (SSSR count). The minimum Gasteiger partial charge on any atom is -0.394 e. The van der Waals surface area contributed by atoms with Crippen LogP contribution in [0, 0.1) is 24.4 Å². The largest absolute Gasteiger partial charge is 0.394 e. The van der Waals surface area contributed by atoms with Crippen LogP contribution in [0.1, 0.15) is 24.4 Å². The molecule has 1 saturated carbocycles. The molecule has 1 saturated heterocycles. The van der Waals surface area contributed by atoms with Crippen molar-refractivity contribution in [2.75, 3.05) is 18.6 Å². The van der Waals surface area contributed by atoms with Crippen molar-refractivity contribution in [1.82, 2.24) is 15.0 Å². The number of methoxy groups -OCH3 is 1. The first kappa shape index (κ1) is 29.4. The van der Waals surface area contributed by atoms with Crippen LogP contribution in [0.4, 0.5) is 18.9 Å². The summed E-state index contributed by atoms with van der Waals surface area (Å²) in [4.78, 5) is 15.6. The van der Waals surface area contributed by atoms with E-state index in [1.807, 2.05) is 0 Å². The third kappa shape index (κ3) is 5.45. The fraction of sp³-hybridized carbons (Fsp3) is 0.444. The molecule has 0 unspecified atom stereocenters. The highest BCUT2D eigenvalue weighted by Gasteiger charge is 2.52. The van der Waals surface area contributed by atoms with E-state index in [4.69, 9.17) is 21.1 Å². The predicted molar refractivity (Wildman–Crippen MR) is 140 cm³/mol. The van der Waals surface area contributed by atoms with E-state index in [-0.39, 0.29) is 11.3 Å². The van der Waals surface area contributed by atoms with Crippen molar-refractivity contribution >= 4 is 23.2 Å². The zero-order valence-electron chi connectivity index (χ0n) is 22.0. The highest BCUT2D eigenvalue weighted by Crippen LogP contribution is 2.38. The summed E-state index contributed by atoms with van der Waals surface area (Å²) < 4.78 is 53.9. The molecule has 0 spiro atoms. The lowest BCUT2D eigenvalue weighted by Crippen LogP contribution is -2.64. The summed E-state index contributed by atoms with van der Waals surface area (Å²) >= 11 is 6.28. The predicted octanol–water partition coefficient (Wildman–Crippen LogP) is 2.56. The molecule has 2 fully saturated rings. The SMILES string of the molecule is CO[C@@H]1[C@@H](n2cc(-c3cc(F)c(F)c(F)c3)nn2)[C@@H](O)[C@@H](CO)O[C@H]1C(=O)N(c1cc(C)cc(Cl)c1)[C@@H]1CC[C@H]1O. The average molecular weight is 597 g/mol. The summed E-state index contributed by atoms with van der Waals surface area (Å²) in [6, 6.07) is 4.79. The van der Waals surface area contributed by atoms with Gasteiger partial charge in [-0.05, 0) is 55.7 Å². The number of hydrogen-bond donors (Lipinski definition) is 3. The molecule has 10 nitrogen and oxygen atoms in total. The molecule has 0 bridgehead atoms. The molecule has 3 N–H and O–H groups in total. The van der Waals surface area contributed by atoms with E-state index in [2.05, 4.69) is 10.3 Å². The second-order valence-corrected chi connectivity index (χ2v) is 10.6. The molecule has 1 amide bonds. The van der Waals surface area contributed by atoms with Crippen LogP contribution in [0.3, 0.4) is 0 Å². The van der Waals surface area contributed by atoms with E-state index >= 15 is 0 Å². The molecule has 2 heterocycles. The molecule has 7 atom stereocenters. The third-order valence-electron chi connectivity index (χ3n) is 7.55. The van der Waals surface area contributed by atoms with E-state index in [0.29, 0.717) is 23.6 Å².